The summed E-state index contributed by atoms with van der Waals surface area (Å²) in [6, 6.07) is -0.103. The molecular weight excluding hydrogens is 194 g/mol. The molecule has 15 heavy (non-hydrogen) atoms. The van der Waals surface area contributed by atoms with Crippen LogP contribution in [0.1, 0.15) is 40.0 Å². The smallest absolute Gasteiger partial charge is 0.303 e. The molecule has 0 aromatic carbocycles. The number of hydrogen-bond donors (Lipinski definition) is 2. The van der Waals surface area contributed by atoms with Crippen molar-refractivity contribution in [2.75, 3.05) is 0 Å². The molecule has 4 nitrogen and oxygen atoms in total. The Kier molecular flexibility index (Phi) is 6.42. The number of amides is 1. The predicted octanol–water partition coefficient (Wildman–Crippen LogP) is 1.71. The molecule has 0 aromatic rings. The van der Waals surface area contributed by atoms with E-state index in [0.29, 0.717) is 12.0 Å². The summed E-state index contributed by atoms with van der Waals surface area (Å²) in [5, 5.41) is 11.2. The molecule has 0 heterocycles. The topological polar surface area (TPSA) is 66.4 Å². The van der Waals surface area contributed by atoms with E-state index in [1.165, 1.54) is 0 Å². The average molecular weight is 213 g/mol. The standard InChI is InChI=1S/C11H19NO3/c1-4-5-8(2)11(15)12-9(3)6-7-10(13)14/h5,9H,4,6-7H2,1-3H3,(H,12,15)(H,13,14)/b8-5-. The number of rotatable bonds is 6. The van der Waals surface area contributed by atoms with Gasteiger partial charge in [-0.1, -0.05) is 13.0 Å². The highest BCUT2D eigenvalue weighted by molar-refractivity contribution is 5.92. The second kappa shape index (κ2) is 7.04. The summed E-state index contributed by atoms with van der Waals surface area (Å²) < 4.78 is 0. The van der Waals surface area contributed by atoms with E-state index in [1.807, 2.05) is 13.0 Å². The number of carbonyl (C=O) groups is 2. The molecule has 1 unspecified atom stereocenters. The maximum atomic E-state index is 11.5. The lowest BCUT2D eigenvalue weighted by molar-refractivity contribution is -0.137. The zero-order valence-electron chi connectivity index (χ0n) is 9.54. The minimum absolute atomic E-state index is 0.0813. The van der Waals surface area contributed by atoms with Gasteiger partial charge >= 0.3 is 5.97 Å². The monoisotopic (exact) mass is 213 g/mol. The quantitative estimate of drug-likeness (QED) is 0.660. The zero-order chi connectivity index (χ0) is 11.8. The molecule has 1 atom stereocenters. The number of carboxylic acid groups (broad SMARTS) is 1. The van der Waals surface area contributed by atoms with Crippen LogP contribution in [0, 0.1) is 0 Å². The number of hydrogen-bond acceptors (Lipinski definition) is 2. The Bertz CT molecular complexity index is 259. The molecule has 0 aliphatic heterocycles. The first-order valence-corrected chi connectivity index (χ1v) is 5.16. The zero-order valence-corrected chi connectivity index (χ0v) is 9.54. The summed E-state index contributed by atoms with van der Waals surface area (Å²) in [7, 11) is 0. The van der Waals surface area contributed by atoms with Crippen molar-refractivity contribution >= 4 is 11.9 Å². The van der Waals surface area contributed by atoms with Gasteiger partial charge < -0.3 is 10.4 Å². The third kappa shape index (κ3) is 6.71. The Morgan fingerprint density at radius 2 is 2.07 bits per heavy atom. The normalized spacial score (nSPS) is 13.4. The van der Waals surface area contributed by atoms with Crippen molar-refractivity contribution in [3.05, 3.63) is 11.6 Å². The van der Waals surface area contributed by atoms with Crippen molar-refractivity contribution in [3.63, 3.8) is 0 Å². The molecule has 0 bridgehead atoms. The van der Waals surface area contributed by atoms with Crippen LogP contribution in [0.3, 0.4) is 0 Å². The minimum Gasteiger partial charge on any atom is -0.481 e. The highest BCUT2D eigenvalue weighted by Gasteiger charge is 2.09. The van der Waals surface area contributed by atoms with Crippen molar-refractivity contribution in [1.82, 2.24) is 5.32 Å². The molecule has 0 aliphatic rings. The molecule has 0 saturated carbocycles. The van der Waals surface area contributed by atoms with E-state index in [0.717, 1.165) is 6.42 Å². The van der Waals surface area contributed by atoms with Gasteiger partial charge in [0.05, 0.1) is 0 Å². The Morgan fingerprint density at radius 3 is 2.53 bits per heavy atom. The minimum atomic E-state index is -0.836. The predicted molar refractivity (Wildman–Crippen MR) is 58.5 cm³/mol. The molecule has 0 aromatic heterocycles. The highest BCUT2D eigenvalue weighted by Crippen LogP contribution is 2.00. The summed E-state index contributed by atoms with van der Waals surface area (Å²) in [5.41, 5.74) is 0.680. The number of nitrogens with one attached hydrogen (secondary N) is 1. The fraction of sp³-hybridized carbons (Fsp3) is 0.636. The first kappa shape index (κ1) is 13.7. The molecule has 2 N–H and O–H groups in total. The van der Waals surface area contributed by atoms with Crippen LogP contribution >= 0.6 is 0 Å². The Hall–Kier alpha value is -1.32. The van der Waals surface area contributed by atoms with Gasteiger partial charge in [-0.15, -0.1) is 0 Å². The SMILES string of the molecule is CC/C=C(/C)C(=O)NC(C)CCC(=O)O. The van der Waals surface area contributed by atoms with Gasteiger partial charge in [-0.25, -0.2) is 0 Å². The van der Waals surface area contributed by atoms with E-state index in [1.54, 1.807) is 13.8 Å². The fourth-order valence-corrected chi connectivity index (χ4v) is 1.15. The molecular formula is C11H19NO3. The molecule has 0 fully saturated rings. The van der Waals surface area contributed by atoms with Crippen LogP contribution in [0.15, 0.2) is 11.6 Å². The molecule has 0 spiro atoms. The van der Waals surface area contributed by atoms with Gasteiger partial charge in [0, 0.05) is 18.0 Å². The first-order chi connectivity index (χ1) is 6.97. The number of aliphatic carboxylic acids is 1. The van der Waals surface area contributed by atoms with E-state index in [2.05, 4.69) is 5.32 Å². The molecule has 1 amide bonds. The van der Waals surface area contributed by atoms with Crippen LogP contribution in [0.5, 0.6) is 0 Å². The van der Waals surface area contributed by atoms with E-state index in [9.17, 15) is 9.59 Å². The lowest BCUT2D eigenvalue weighted by Crippen LogP contribution is -2.33. The summed E-state index contributed by atoms with van der Waals surface area (Å²) in [6.45, 7) is 5.52. The van der Waals surface area contributed by atoms with Crippen LogP contribution in [0.25, 0.3) is 0 Å². The third-order valence-electron chi connectivity index (χ3n) is 2.04. The van der Waals surface area contributed by atoms with Gasteiger partial charge in [0.25, 0.3) is 0 Å². The van der Waals surface area contributed by atoms with E-state index in [4.69, 9.17) is 5.11 Å². The Labute approximate surface area is 90.4 Å². The largest absolute Gasteiger partial charge is 0.481 e. The van der Waals surface area contributed by atoms with Crippen LogP contribution < -0.4 is 5.32 Å². The molecule has 0 rings (SSSR count). The van der Waals surface area contributed by atoms with Crippen LogP contribution in [0.4, 0.5) is 0 Å². The maximum Gasteiger partial charge on any atom is 0.303 e. The van der Waals surface area contributed by atoms with Gasteiger partial charge in [-0.05, 0) is 26.7 Å². The Balaban J connectivity index is 3.96. The van der Waals surface area contributed by atoms with Crippen LogP contribution in [-0.4, -0.2) is 23.0 Å². The van der Waals surface area contributed by atoms with Crippen molar-refractivity contribution in [3.8, 4) is 0 Å². The average Bonchev–Trinajstić information content (AvgIpc) is 2.15. The van der Waals surface area contributed by atoms with E-state index < -0.39 is 5.97 Å². The van der Waals surface area contributed by atoms with Crippen molar-refractivity contribution < 1.29 is 14.7 Å². The van der Waals surface area contributed by atoms with Crippen LogP contribution in [-0.2, 0) is 9.59 Å². The molecule has 0 aliphatic carbocycles. The van der Waals surface area contributed by atoms with E-state index in [-0.39, 0.29) is 18.4 Å². The van der Waals surface area contributed by atoms with Crippen molar-refractivity contribution in [2.24, 2.45) is 0 Å². The van der Waals surface area contributed by atoms with E-state index >= 15 is 0 Å². The molecule has 0 saturated heterocycles. The van der Waals surface area contributed by atoms with Crippen molar-refractivity contribution in [2.45, 2.75) is 46.1 Å². The molecule has 86 valence electrons. The summed E-state index contributed by atoms with van der Waals surface area (Å²) >= 11 is 0. The van der Waals surface area contributed by atoms with Gasteiger partial charge in [0.15, 0.2) is 0 Å². The lowest BCUT2D eigenvalue weighted by Gasteiger charge is -2.12. The summed E-state index contributed by atoms with van der Waals surface area (Å²) in [5.74, 6) is -0.952. The number of carbonyl (C=O) groups excluding carboxylic acids is 1. The lowest BCUT2D eigenvalue weighted by atomic mass is 10.1. The second-order valence-electron chi connectivity index (χ2n) is 3.60. The second-order valence-corrected chi connectivity index (χ2v) is 3.60. The maximum absolute atomic E-state index is 11.5. The van der Waals surface area contributed by atoms with Gasteiger partial charge in [0.2, 0.25) is 5.91 Å². The Morgan fingerprint density at radius 1 is 1.47 bits per heavy atom. The highest BCUT2D eigenvalue weighted by atomic mass is 16.4. The van der Waals surface area contributed by atoms with Crippen molar-refractivity contribution in [1.29, 1.82) is 0 Å². The first-order valence-electron chi connectivity index (χ1n) is 5.16. The van der Waals surface area contributed by atoms with Gasteiger partial charge in [-0.2, -0.15) is 0 Å². The number of allylic oxidation sites excluding steroid dienone is 1. The molecule has 4 heteroatoms. The fourth-order valence-electron chi connectivity index (χ4n) is 1.15. The summed E-state index contributed by atoms with van der Waals surface area (Å²) in [4.78, 5) is 21.8. The van der Waals surface area contributed by atoms with Crippen LogP contribution in [0.2, 0.25) is 0 Å². The van der Waals surface area contributed by atoms with Gasteiger partial charge in [-0.3, -0.25) is 9.59 Å². The molecule has 0 radical (unpaired) electrons. The summed E-state index contributed by atoms with van der Waals surface area (Å²) in [6.07, 6.45) is 3.21. The van der Waals surface area contributed by atoms with Gasteiger partial charge in [0.1, 0.15) is 0 Å². The number of carboxylic acids is 1. The third-order valence-corrected chi connectivity index (χ3v) is 2.04.